The number of hydrogen-bond acceptors (Lipinski definition) is 4. The van der Waals surface area contributed by atoms with Gasteiger partial charge in [0.2, 0.25) is 0 Å². The first-order valence-electron chi connectivity index (χ1n) is 7.34. The fourth-order valence-corrected chi connectivity index (χ4v) is 1.91. The minimum absolute atomic E-state index is 0.318. The lowest BCUT2D eigenvalue weighted by Gasteiger charge is -2.24. The van der Waals surface area contributed by atoms with Gasteiger partial charge in [0.1, 0.15) is 6.04 Å². The van der Waals surface area contributed by atoms with E-state index in [-0.39, 0.29) is 6.03 Å². The van der Waals surface area contributed by atoms with Crippen LogP contribution in [-0.4, -0.2) is 80.4 Å². The maximum Gasteiger partial charge on any atom is 0.326 e. The van der Waals surface area contributed by atoms with Crippen LogP contribution in [0.5, 0.6) is 0 Å². The third kappa shape index (κ3) is 9.25. The average Bonchev–Trinajstić information content (AvgIpc) is 2.42. The van der Waals surface area contributed by atoms with Gasteiger partial charge in [-0.15, -0.1) is 0 Å². The number of urea groups is 1. The van der Waals surface area contributed by atoms with Gasteiger partial charge in [0, 0.05) is 26.8 Å². The number of rotatable bonds is 11. The van der Waals surface area contributed by atoms with Crippen molar-refractivity contribution in [2.24, 2.45) is 0 Å². The molecule has 2 N–H and O–H groups in total. The number of carbonyl (C=O) groups excluding carboxylic acids is 1. The minimum atomic E-state index is -1.01. The van der Waals surface area contributed by atoms with Crippen LogP contribution < -0.4 is 5.32 Å². The summed E-state index contributed by atoms with van der Waals surface area (Å²) >= 11 is 0. The monoisotopic (exact) mass is 303 g/mol. The van der Waals surface area contributed by atoms with Crippen molar-refractivity contribution in [2.75, 3.05) is 47.4 Å². The van der Waals surface area contributed by atoms with Crippen LogP contribution in [-0.2, 0) is 9.53 Å². The van der Waals surface area contributed by atoms with E-state index in [1.54, 1.807) is 12.0 Å². The van der Waals surface area contributed by atoms with Gasteiger partial charge in [-0.3, -0.25) is 0 Å². The highest BCUT2D eigenvalue weighted by molar-refractivity contribution is 5.82. The van der Waals surface area contributed by atoms with Crippen molar-refractivity contribution < 1.29 is 19.4 Å². The normalized spacial score (nSPS) is 12.2. The molecule has 0 fully saturated rings. The summed E-state index contributed by atoms with van der Waals surface area (Å²) in [7, 11) is 5.52. The molecule has 1 unspecified atom stereocenters. The zero-order valence-electron chi connectivity index (χ0n) is 13.6. The molecule has 0 heterocycles. The van der Waals surface area contributed by atoms with Gasteiger partial charge < -0.3 is 25.0 Å². The standard InChI is InChI=1S/C14H29N3O4/c1-5-17(10-7-9-16(2)3)14(20)15-12(13(18)19)8-6-11-21-4/h12H,5-11H2,1-4H3,(H,15,20)(H,18,19). The van der Waals surface area contributed by atoms with Gasteiger partial charge in [-0.25, -0.2) is 9.59 Å². The van der Waals surface area contributed by atoms with E-state index in [9.17, 15) is 9.59 Å². The first kappa shape index (κ1) is 19.7. The van der Waals surface area contributed by atoms with E-state index in [1.807, 2.05) is 21.0 Å². The predicted molar refractivity (Wildman–Crippen MR) is 81.5 cm³/mol. The van der Waals surface area contributed by atoms with Gasteiger partial charge in [0.15, 0.2) is 0 Å². The maximum atomic E-state index is 12.1. The number of methoxy groups -OCH3 is 1. The van der Waals surface area contributed by atoms with Gasteiger partial charge >= 0.3 is 12.0 Å². The first-order chi connectivity index (χ1) is 9.92. The van der Waals surface area contributed by atoms with Crippen molar-refractivity contribution in [1.82, 2.24) is 15.1 Å². The molecule has 0 bridgehead atoms. The second-order valence-electron chi connectivity index (χ2n) is 5.21. The number of nitrogens with zero attached hydrogens (tertiary/aromatic N) is 2. The predicted octanol–water partition coefficient (Wildman–Crippen LogP) is 0.849. The molecule has 0 rings (SSSR count). The zero-order chi connectivity index (χ0) is 16.3. The number of hydrogen-bond donors (Lipinski definition) is 2. The molecule has 0 aliphatic rings. The summed E-state index contributed by atoms with van der Waals surface area (Å²) in [5.41, 5.74) is 0. The van der Waals surface area contributed by atoms with Crippen LogP contribution in [0.2, 0.25) is 0 Å². The Morgan fingerprint density at radius 1 is 1.24 bits per heavy atom. The molecular weight excluding hydrogens is 274 g/mol. The Kier molecular flexibility index (Phi) is 10.6. The van der Waals surface area contributed by atoms with Crippen LogP contribution in [0.25, 0.3) is 0 Å². The number of aliphatic carboxylic acids is 1. The average molecular weight is 303 g/mol. The molecule has 0 aliphatic heterocycles. The van der Waals surface area contributed by atoms with Crippen LogP contribution >= 0.6 is 0 Å². The van der Waals surface area contributed by atoms with E-state index in [1.165, 1.54) is 0 Å². The molecule has 21 heavy (non-hydrogen) atoms. The van der Waals surface area contributed by atoms with Crippen molar-refractivity contribution in [3.05, 3.63) is 0 Å². The fourth-order valence-electron chi connectivity index (χ4n) is 1.91. The summed E-state index contributed by atoms with van der Waals surface area (Å²) in [5.74, 6) is -1.01. The topological polar surface area (TPSA) is 82.1 Å². The molecule has 0 saturated carbocycles. The smallest absolute Gasteiger partial charge is 0.326 e. The van der Waals surface area contributed by atoms with Crippen molar-refractivity contribution in [1.29, 1.82) is 0 Å². The molecule has 0 aromatic carbocycles. The van der Waals surface area contributed by atoms with Gasteiger partial charge in [-0.05, 0) is 46.8 Å². The Hall–Kier alpha value is -1.34. The molecule has 7 nitrogen and oxygen atoms in total. The summed E-state index contributed by atoms with van der Waals surface area (Å²) in [6, 6.07) is -1.18. The van der Waals surface area contributed by atoms with Crippen LogP contribution in [0.15, 0.2) is 0 Å². The number of nitrogens with one attached hydrogen (secondary N) is 1. The van der Waals surface area contributed by atoms with Gasteiger partial charge in [0.25, 0.3) is 0 Å². The molecule has 0 radical (unpaired) electrons. The number of carbonyl (C=O) groups is 2. The molecule has 2 amide bonds. The molecule has 7 heteroatoms. The van der Waals surface area contributed by atoms with Crippen molar-refractivity contribution in [3.63, 3.8) is 0 Å². The molecule has 0 aromatic rings. The number of amides is 2. The van der Waals surface area contributed by atoms with Crippen LogP contribution in [0.1, 0.15) is 26.2 Å². The number of ether oxygens (including phenoxy) is 1. The van der Waals surface area contributed by atoms with Gasteiger partial charge in [0.05, 0.1) is 0 Å². The Bertz CT molecular complexity index is 311. The number of carboxylic acid groups (broad SMARTS) is 1. The lowest BCUT2D eigenvalue weighted by atomic mass is 10.1. The second kappa shape index (κ2) is 11.3. The van der Waals surface area contributed by atoms with E-state index in [2.05, 4.69) is 10.2 Å². The molecular formula is C14H29N3O4. The van der Waals surface area contributed by atoms with E-state index in [0.717, 1.165) is 13.0 Å². The van der Waals surface area contributed by atoms with Crippen molar-refractivity contribution >= 4 is 12.0 Å². The Balaban J connectivity index is 4.31. The highest BCUT2D eigenvalue weighted by Gasteiger charge is 2.22. The third-order valence-corrected chi connectivity index (χ3v) is 3.14. The largest absolute Gasteiger partial charge is 0.480 e. The summed E-state index contributed by atoms with van der Waals surface area (Å²) in [4.78, 5) is 27.0. The summed E-state index contributed by atoms with van der Waals surface area (Å²) in [6.45, 7) is 4.44. The van der Waals surface area contributed by atoms with E-state index >= 15 is 0 Å². The van der Waals surface area contributed by atoms with E-state index < -0.39 is 12.0 Å². The van der Waals surface area contributed by atoms with E-state index in [4.69, 9.17) is 9.84 Å². The lowest BCUT2D eigenvalue weighted by Crippen LogP contribution is -2.48. The first-order valence-corrected chi connectivity index (χ1v) is 7.34. The Morgan fingerprint density at radius 2 is 1.90 bits per heavy atom. The van der Waals surface area contributed by atoms with Crippen LogP contribution in [0.3, 0.4) is 0 Å². The van der Waals surface area contributed by atoms with Gasteiger partial charge in [-0.1, -0.05) is 0 Å². The van der Waals surface area contributed by atoms with Crippen molar-refractivity contribution in [2.45, 2.75) is 32.2 Å². The van der Waals surface area contributed by atoms with E-state index in [0.29, 0.717) is 32.5 Å². The SMILES string of the molecule is CCN(CCCN(C)C)C(=O)NC(CCCOC)C(=O)O. The summed E-state index contributed by atoms with van der Waals surface area (Å²) in [6.07, 6.45) is 1.82. The Morgan fingerprint density at radius 3 is 2.38 bits per heavy atom. The van der Waals surface area contributed by atoms with Crippen LogP contribution in [0.4, 0.5) is 4.79 Å². The molecule has 0 spiro atoms. The second-order valence-corrected chi connectivity index (χ2v) is 5.21. The molecule has 0 saturated heterocycles. The van der Waals surface area contributed by atoms with Crippen LogP contribution in [0, 0.1) is 0 Å². The summed E-state index contributed by atoms with van der Waals surface area (Å²) in [5, 5.41) is 11.7. The van der Waals surface area contributed by atoms with Crippen molar-refractivity contribution in [3.8, 4) is 0 Å². The quantitative estimate of drug-likeness (QED) is 0.553. The highest BCUT2D eigenvalue weighted by Crippen LogP contribution is 2.01. The van der Waals surface area contributed by atoms with Gasteiger partial charge in [-0.2, -0.15) is 0 Å². The highest BCUT2D eigenvalue weighted by atomic mass is 16.5. The maximum absolute atomic E-state index is 12.1. The third-order valence-electron chi connectivity index (χ3n) is 3.14. The fraction of sp³-hybridized carbons (Fsp3) is 0.857. The summed E-state index contributed by atoms with van der Waals surface area (Å²) < 4.78 is 4.90. The molecule has 124 valence electrons. The molecule has 1 atom stereocenters. The molecule has 0 aromatic heterocycles. The minimum Gasteiger partial charge on any atom is -0.480 e. The molecule has 0 aliphatic carbocycles. The number of carboxylic acids is 1. The zero-order valence-corrected chi connectivity index (χ0v) is 13.6. The Labute approximate surface area is 127 Å². The lowest BCUT2D eigenvalue weighted by molar-refractivity contribution is -0.139.